The van der Waals surface area contributed by atoms with Crippen molar-refractivity contribution in [1.82, 2.24) is 20.4 Å². The van der Waals surface area contributed by atoms with Gasteiger partial charge in [0.25, 0.3) is 11.8 Å². The van der Waals surface area contributed by atoms with E-state index in [0.717, 1.165) is 68.4 Å². The molecule has 4 aromatic carbocycles. The lowest BCUT2D eigenvalue weighted by Crippen LogP contribution is -2.10. The Labute approximate surface area is 348 Å². The van der Waals surface area contributed by atoms with Crippen molar-refractivity contribution in [2.75, 3.05) is 13.2 Å². The van der Waals surface area contributed by atoms with Crippen molar-refractivity contribution < 1.29 is 18.3 Å². The molecule has 6 rings (SSSR count). The second-order valence-electron chi connectivity index (χ2n) is 16.3. The quantitative estimate of drug-likeness (QED) is 0.0836. The van der Waals surface area contributed by atoms with Crippen molar-refractivity contribution >= 4 is 31.9 Å². The molecule has 0 spiro atoms. The van der Waals surface area contributed by atoms with E-state index in [1.165, 1.54) is 36.8 Å². The summed E-state index contributed by atoms with van der Waals surface area (Å²) in [6.45, 7) is 14.5. The Kier molecular flexibility index (Phi) is 13.9. The first kappa shape index (κ1) is 41.4. The predicted molar refractivity (Wildman–Crippen MR) is 231 cm³/mol. The minimum Gasteiger partial charge on any atom is -0.493 e. The molecule has 0 unspecified atom stereocenters. The van der Waals surface area contributed by atoms with Crippen molar-refractivity contribution in [3.63, 3.8) is 0 Å². The van der Waals surface area contributed by atoms with Crippen LogP contribution in [0.3, 0.4) is 0 Å². The number of hydrogen-bond acceptors (Lipinski definition) is 8. The van der Waals surface area contributed by atoms with Gasteiger partial charge in [0.15, 0.2) is 0 Å². The third-order valence-corrected chi connectivity index (χ3v) is 10.7. The molecule has 0 aliphatic heterocycles. The number of unbranched alkanes of at least 4 members (excludes halogenated alkanes) is 7. The summed E-state index contributed by atoms with van der Waals surface area (Å²) in [4.78, 5) is 0. The minimum absolute atomic E-state index is 0.0798. The molecule has 6 aromatic rings. The third-order valence-electron chi connectivity index (χ3n) is 9.74. The van der Waals surface area contributed by atoms with Crippen LogP contribution in [-0.4, -0.2) is 33.6 Å². The monoisotopic (exact) mass is 882 g/mol. The third kappa shape index (κ3) is 11.2. The number of rotatable bonds is 17. The fraction of sp³-hybridized carbons (Fsp3) is 0.391. The number of ether oxygens (including phenoxy) is 2. The number of benzene rings is 4. The Morgan fingerprint density at radius 3 is 1.14 bits per heavy atom. The van der Waals surface area contributed by atoms with Gasteiger partial charge in [-0.2, -0.15) is 0 Å². The molecule has 0 radical (unpaired) electrons. The predicted octanol–water partition coefficient (Wildman–Crippen LogP) is 13.8. The zero-order valence-corrected chi connectivity index (χ0v) is 36.5. The Bertz CT molecular complexity index is 2010. The zero-order chi connectivity index (χ0) is 39.7. The van der Waals surface area contributed by atoms with Crippen LogP contribution in [0.1, 0.15) is 104 Å². The highest BCUT2D eigenvalue weighted by Crippen LogP contribution is 2.36. The number of halogens is 2. The highest BCUT2D eigenvalue weighted by Gasteiger charge is 2.19. The zero-order valence-electron chi connectivity index (χ0n) is 33.3. The van der Waals surface area contributed by atoms with Crippen molar-refractivity contribution in [1.29, 1.82) is 0 Å². The lowest BCUT2D eigenvalue weighted by molar-refractivity contribution is 0.301. The molecule has 8 nitrogen and oxygen atoms in total. The number of hydrogen-bond donors (Lipinski definition) is 0. The Morgan fingerprint density at radius 1 is 0.446 bits per heavy atom. The van der Waals surface area contributed by atoms with E-state index in [1.54, 1.807) is 0 Å². The highest BCUT2D eigenvalue weighted by atomic mass is 79.9. The van der Waals surface area contributed by atoms with Gasteiger partial charge in [-0.3, -0.25) is 0 Å². The van der Waals surface area contributed by atoms with Gasteiger partial charge in [-0.1, -0.05) is 136 Å². The largest absolute Gasteiger partial charge is 0.493 e. The second kappa shape index (κ2) is 18.8. The van der Waals surface area contributed by atoms with Gasteiger partial charge in [-0.15, -0.1) is 20.4 Å². The fourth-order valence-electron chi connectivity index (χ4n) is 6.34. The van der Waals surface area contributed by atoms with E-state index < -0.39 is 0 Å². The van der Waals surface area contributed by atoms with Crippen LogP contribution in [0.4, 0.5) is 0 Å². The molecule has 0 aliphatic carbocycles. The Hall–Kier alpha value is -4.28. The molecular weight excluding hydrogens is 832 g/mol. The van der Waals surface area contributed by atoms with Crippen LogP contribution in [0.5, 0.6) is 11.5 Å². The summed E-state index contributed by atoms with van der Waals surface area (Å²) in [5, 5.41) is 17.4. The first-order valence-electron chi connectivity index (χ1n) is 19.6. The highest BCUT2D eigenvalue weighted by molar-refractivity contribution is 9.10. The average Bonchev–Trinajstić information content (AvgIpc) is 3.87. The maximum atomic E-state index is 6.22. The van der Waals surface area contributed by atoms with E-state index in [1.807, 2.05) is 60.7 Å². The molecule has 0 aliphatic rings. The molecular formula is C46H52Br2N4O4. The number of aromatic nitrogens is 4. The minimum atomic E-state index is 0.0798. The summed E-state index contributed by atoms with van der Waals surface area (Å²) >= 11 is 7.17. The smallest absolute Gasteiger partial charge is 0.251 e. The van der Waals surface area contributed by atoms with Crippen LogP contribution in [0.25, 0.3) is 45.8 Å². The van der Waals surface area contributed by atoms with Gasteiger partial charge in [-0.05, 0) is 95.5 Å². The summed E-state index contributed by atoms with van der Waals surface area (Å²) in [5.41, 5.74) is 6.03. The number of nitrogens with zero attached hydrogens (tertiary/aromatic N) is 4. The maximum absolute atomic E-state index is 6.22. The van der Waals surface area contributed by atoms with Crippen LogP contribution in [0.2, 0.25) is 0 Å². The summed E-state index contributed by atoms with van der Waals surface area (Å²) in [6.07, 6.45) is 9.00. The van der Waals surface area contributed by atoms with E-state index in [9.17, 15) is 0 Å². The first-order chi connectivity index (χ1) is 26.8. The van der Waals surface area contributed by atoms with Gasteiger partial charge in [0.05, 0.1) is 24.3 Å². The molecule has 0 amide bonds. The molecule has 0 N–H and O–H groups in total. The van der Waals surface area contributed by atoms with Crippen molar-refractivity contribution in [2.45, 2.75) is 104 Å². The van der Waals surface area contributed by atoms with Crippen molar-refractivity contribution in [3.8, 4) is 57.3 Å². The molecule has 0 bridgehead atoms. The van der Waals surface area contributed by atoms with Crippen LogP contribution in [0.15, 0.2) is 103 Å². The van der Waals surface area contributed by atoms with Crippen LogP contribution in [-0.2, 0) is 10.8 Å². The van der Waals surface area contributed by atoms with E-state index in [2.05, 4.69) is 118 Å². The SMILES string of the molecule is CC(C)(C)c1ccc(-c2nnc(-c3cc(Br)ccc3OCCCCCCCCCCOc3ccc(Br)cc3-c3nnc(-c4ccc(C(C)(C)C)cc4)o3)o2)cc1. The van der Waals surface area contributed by atoms with Gasteiger partial charge >= 0.3 is 0 Å². The van der Waals surface area contributed by atoms with Crippen LogP contribution >= 0.6 is 31.9 Å². The van der Waals surface area contributed by atoms with Crippen LogP contribution in [0, 0.1) is 0 Å². The second-order valence-corrected chi connectivity index (χ2v) is 18.1. The van der Waals surface area contributed by atoms with E-state index in [-0.39, 0.29) is 10.8 Å². The molecule has 56 heavy (non-hydrogen) atoms. The summed E-state index contributed by atoms with van der Waals surface area (Å²) in [5.74, 6) is 3.35. The average molecular weight is 885 g/mol. The van der Waals surface area contributed by atoms with Gasteiger partial charge in [-0.25, -0.2) is 0 Å². The lowest BCUT2D eigenvalue weighted by atomic mass is 9.87. The Balaban J connectivity index is 0.886. The maximum Gasteiger partial charge on any atom is 0.251 e. The Morgan fingerprint density at radius 2 is 0.786 bits per heavy atom. The van der Waals surface area contributed by atoms with Gasteiger partial charge in [0.1, 0.15) is 11.5 Å². The van der Waals surface area contributed by atoms with Crippen molar-refractivity contribution in [2.24, 2.45) is 0 Å². The standard InChI is InChI=1S/C46H52Br2N4O4/c1-45(2,3)33-19-15-31(16-20-33)41-49-51-43(55-41)37-29-35(47)23-25-39(37)53-27-13-11-9-7-8-10-12-14-28-54-40-26-24-36(48)30-38(40)44-52-50-42(56-44)32-17-21-34(22-18-32)46(4,5)6/h15-26,29-30H,7-14,27-28H2,1-6H3. The topological polar surface area (TPSA) is 96.3 Å². The van der Waals surface area contributed by atoms with Crippen LogP contribution < -0.4 is 9.47 Å². The molecule has 2 aromatic heterocycles. The van der Waals surface area contributed by atoms with Gasteiger partial charge < -0.3 is 18.3 Å². The van der Waals surface area contributed by atoms with Gasteiger partial charge in [0.2, 0.25) is 11.8 Å². The fourth-order valence-corrected chi connectivity index (χ4v) is 7.06. The molecule has 2 heterocycles. The molecule has 0 fully saturated rings. The first-order valence-corrected chi connectivity index (χ1v) is 21.2. The van der Waals surface area contributed by atoms with E-state index in [0.29, 0.717) is 36.8 Å². The van der Waals surface area contributed by atoms with E-state index >= 15 is 0 Å². The van der Waals surface area contributed by atoms with Gasteiger partial charge in [0, 0.05) is 20.1 Å². The van der Waals surface area contributed by atoms with E-state index in [4.69, 9.17) is 18.3 Å². The van der Waals surface area contributed by atoms with Crippen molar-refractivity contribution in [3.05, 3.63) is 105 Å². The summed E-state index contributed by atoms with van der Waals surface area (Å²) < 4.78 is 26.5. The summed E-state index contributed by atoms with van der Waals surface area (Å²) in [6, 6.07) is 28.4. The normalized spacial score (nSPS) is 11.9. The molecule has 10 heteroatoms. The summed E-state index contributed by atoms with van der Waals surface area (Å²) in [7, 11) is 0. The molecule has 0 saturated heterocycles. The molecule has 0 saturated carbocycles. The molecule has 0 atom stereocenters. The lowest BCUT2D eigenvalue weighted by Gasteiger charge is -2.18. The molecule has 294 valence electrons.